The minimum atomic E-state index is -0.400. The van der Waals surface area contributed by atoms with Crippen LogP contribution in [0.25, 0.3) is 0 Å². The van der Waals surface area contributed by atoms with Gasteiger partial charge in [-0.25, -0.2) is 4.39 Å². The van der Waals surface area contributed by atoms with Gasteiger partial charge in [0.1, 0.15) is 0 Å². The fourth-order valence-electron chi connectivity index (χ4n) is 1.69. The lowest BCUT2D eigenvalue weighted by Crippen LogP contribution is -2.43. The Labute approximate surface area is 105 Å². The van der Waals surface area contributed by atoms with E-state index in [1.165, 1.54) is 6.07 Å². The molecule has 0 heterocycles. The monoisotopic (exact) mass is 252 g/mol. The fourth-order valence-corrected chi connectivity index (χ4v) is 1.69. The summed E-state index contributed by atoms with van der Waals surface area (Å²) in [6.45, 7) is 0.258. The summed E-state index contributed by atoms with van der Waals surface area (Å²) in [5.41, 5.74) is 5.29. The maximum absolute atomic E-state index is 13.3. The standard InChI is InChI=1S/C13H17FN2O2/c14-10-3-1-2-4-12(10)18-8-7-11(13(15)17)16-9-5-6-9/h1-4,9,11,16H,5-8H2,(H2,15,17). The quantitative estimate of drug-likeness (QED) is 0.766. The number of carbonyl (C=O) groups is 1. The topological polar surface area (TPSA) is 64.4 Å². The summed E-state index contributed by atoms with van der Waals surface area (Å²) >= 11 is 0. The van der Waals surface area contributed by atoms with Crippen molar-refractivity contribution >= 4 is 5.91 Å². The maximum Gasteiger partial charge on any atom is 0.234 e. The number of benzene rings is 1. The Morgan fingerprint density at radius 3 is 2.83 bits per heavy atom. The van der Waals surface area contributed by atoms with E-state index in [2.05, 4.69) is 5.32 Å². The van der Waals surface area contributed by atoms with Crippen molar-refractivity contribution in [3.8, 4) is 5.75 Å². The van der Waals surface area contributed by atoms with Crippen LogP contribution < -0.4 is 15.8 Å². The van der Waals surface area contributed by atoms with Crippen molar-refractivity contribution in [2.45, 2.75) is 31.3 Å². The van der Waals surface area contributed by atoms with Gasteiger partial charge in [0.25, 0.3) is 0 Å². The Balaban J connectivity index is 1.79. The number of nitrogens with one attached hydrogen (secondary N) is 1. The molecule has 0 radical (unpaired) electrons. The summed E-state index contributed by atoms with van der Waals surface area (Å²) in [5.74, 6) is -0.588. The predicted octanol–water partition coefficient (Wildman–Crippen LogP) is 1.20. The summed E-state index contributed by atoms with van der Waals surface area (Å²) in [7, 11) is 0. The fraction of sp³-hybridized carbons (Fsp3) is 0.462. The lowest BCUT2D eigenvalue weighted by Gasteiger charge is -2.15. The first-order chi connectivity index (χ1) is 8.66. The number of nitrogens with two attached hydrogens (primary N) is 1. The van der Waals surface area contributed by atoms with Gasteiger partial charge < -0.3 is 15.8 Å². The van der Waals surface area contributed by atoms with E-state index in [1.54, 1.807) is 18.2 Å². The van der Waals surface area contributed by atoms with E-state index in [0.717, 1.165) is 12.8 Å². The second-order valence-electron chi connectivity index (χ2n) is 4.46. The molecule has 0 bridgehead atoms. The van der Waals surface area contributed by atoms with Gasteiger partial charge in [-0.15, -0.1) is 0 Å². The average molecular weight is 252 g/mol. The third-order valence-electron chi connectivity index (χ3n) is 2.86. The highest BCUT2D eigenvalue weighted by Gasteiger charge is 2.27. The van der Waals surface area contributed by atoms with Crippen LogP contribution in [-0.4, -0.2) is 24.6 Å². The van der Waals surface area contributed by atoms with Crippen LogP contribution in [0.3, 0.4) is 0 Å². The van der Waals surface area contributed by atoms with Crippen LogP contribution in [0, 0.1) is 5.82 Å². The summed E-state index contributed by atoms with van der Waals surface area (Å²) in [4.78, 5) is 11.2. The molecule has 0 aromatic heterocycles. The Morgan fingerprint density at radius 1 is 1.50 bits per heavy atom. The van der Waals surface area contributed by atoms with Gasteiger partial charge in [-0.05, 0) is 25.0 Å². The summed E-state index contributed by atoms with van der Waals surface area (Å²) in [5, 5.41) is 3.14. The molecule has 1 saturated carbocycles. The Bertz CT molecular complexity index is 421. The number of amides is 1. The van der Waals surface area contributed by atoms with Crippen molar-refractivity contribution in [3.05, 3.63) is 30.1 Å². The zero-order valence-corrected chi connectivity index (χ0v) is 10.1. The highest BCUT2D eigenvalue weighted by molar-refractivity contribution is 5.79. The number of para-hydroxylation sites is 1. The third kappa shape index (κ3) is 3.70. The van der Waals surface area contributed by atoms with Crippen molar-refractivity contribution in [3.63, 3.8) is 0 Å². The minimum absolute atomic E-state index is 0.201. The molecule has 2 rings (SSSR count). The molecule has 4 nitrogen and oxygen atoms in total. The van der Waals surface area contributed by atoms with Crippen LogP contribution in [0.15, 0.2) is 24.3 Å². The van der Waals surface area contributed by atoms with Crippen LogP contribution in [0.4, 0.5) is 4.39 Å². The van der Waals surface area contributed by atoms with Crippen molar-refractivity contribution in [1.29, 1.82) is 0 Å². The van der Waals surface area contributed by atoms with Crippen molar-refractivity contribution in [2.75, 3.05) is 6.61 Å². The lowest BCUT2D eigenvalue weighted by atomic mass is 10.2. The number of hydrogen-bond acceptors (Lipinski definition) is 3. The summed E-state index contributed by atoms with van der Waals surface area (Å²) in [6, 6.07) is 6.20. The van der Waals surface area contributed by atoms with E-state index in [9.17, 15) is 9.18 Å². The van der Waals surface area contributed by atoms with E-state index in [1.807, 2.05) is 0 Å². The highest BCUT2D eigenvalue weighted by atomic mass is 19.1. The molecule has 1 unspecified atom stereocenters. The number of rotatable bonds is 7. The highest BCUT2D eigenvalue weighted by Crippen LogP contribution is 2.20. The van der Waals surface area contributed by atoms with Gasteiger partial charge in [0.15, 0.2) is 11.6 Å². The normalized spacial score (nSPS) is 16.3. The average Bonchev–Trinajstić information content (AvgIpc) is 3.14. The molecule has 1 aromatic rings. The van der Waals surface area contributed by atoms with E-state index in [0.29, 0.717) is 12.5 Å². The van der Waals surface area contributed by atoms with Gasteiger partial charge in [0.2, 0.25) is 5.91 Å². The molecule has 1 aliphatic carbocycles. The smallest absolute Gasteiger partial charge is 0.234 e. The first-order valence-corrected chi connectivity index (χ1v) is 6.09. The van der Waals surface area contributed by atoms with Crippen molar-refractivity contribution in [1.82, 2.24) is 5.32 Å². The van der Waals surface area contributed by atoms with Gasteiger partial charge in [-0.3, -0.25) is 4.79 Å². The maximum atomic E-state index is 13.3. The number of hydrogen-bond donors (Lipinski definition) is 2. The SMILES string of the molecule is NC(=O)C(CCOc1ccccc1F)NC1CC1. The molecular weight excluding hydrogens is 235 g/mol. The molecule has 1 atom stereocenters. The van der Waals surface area contributed by atoms with E-state index >= 15 is 0 Å². The molecule has 0 spiro atoms. The Kier molecular flexibility index (Phi) is 4.15. The number of halogens is 1. The number of ether oxygens (including phenoxy) is 1. The Hall–Kier alpha value is -1.62. The zero-order valence-electron chi connectivity index (χ0n) is 10.1. The predicted molar refractivity (Wildman–Crippen MR) is 65.7 cm³/mol. The first kappa shape index (κ1) is 12.8. The molecule has 18 heavy (non-hydrogen) atoms. The summed E-state index contributed by atoms with van der Waals surface area (Å²) < 4.78 is 18.6. The van der Waals surface area contributed by atoms with Gasteiger partial charge in [-0.1, -0.05) is 12.1 Å². The second kappa shape index (κ2) is 5.82. The third-order valence-corrected chi connectivity index (χ3v) is 2.86. The van der Waals surface area contributed by atoms with Gasteiger partial charge in [0.05, 0.1) is 12.6 Å². The van der Waals surface area contributed by atoms with E-state index in [4.69, 9.17) is 10.5 Å². The van der Waals surface area contributed by atoms with Crippen LogP contribution in [-0.2, 0) is 4.79 Å². The van der Waals surface area contributed by atoms with Crippen molar-refractivity contribution in [2.24, 2.45) is 5.73 Å². The minimum Gasteiger partial charge on any atom is -0.490 e. The molecule has 0 saturated heterocycles. The molecular formula is C13H17FN2O2. The summed E-state index contributed by atoms with van der Waals surface area (Å²) in [6.07, 6.45) is 2.61. The second-order valence-corrected chi connectivity index (χ2v) is 4.46. The molecule has 1 amide bonds. The first-order valence-electron chi connectivity index (χ1n) is 6.09. The largest absolute Gasteiger partial charge is 0.490 e. The number of carbonyl (C=O) groups excluding carboxylic acids is 1. The lowest BCUT2D eigenvalue weighted by molar-refractivity contribution is -0.120. The van der Waals surface area contributed by atoms with Crippen LogP contribution >= 0.6 is 0 Å². The van der Waals surface area contributed by atoms with Gasteiger partial charge >= 0.3 is 0 Å². The number of primary amides is 1. The van der Waals surface area contributed by atoms with Crippen LogP contribution in [0.2, 0.25) is 0 Å². The van der Waals surface area contributed by atoms with E-state index in [-0.39, 0.29) is 18.3 Å². The van der Waals surface area contributed by atoms with Gasteiger partial charge in [0, 0.05) is 12.5 Å². The zero-order chi connectivity index (χ0) is 13.0. The molecule has 3 N–H and O–H groups in total. The van der Waals surface area contributed by atoms with Crippen molar-refractivity contribution < 1.29 is 13.9 Å². The molecule has 5 heteroatoms. The molecule has 0 aliphatic heterocycles. The van der Waals surface area contributed by atoms with Crippen LogP contribution in [0.1, 0.15) is 19.3 Å². The Morgan fingerprint density at radius 2 is 2.22 bits per heavy atom. The van der Waals surface area contributed by atoms with E-state index < -0.39 is 11.9 Å². The molecule has 1 aliphatic rings. The molecule has 1 fully saturated rings. The van der Waals surface area contributed by atoms with Crippen LogP contribution in [0.5, 0.6) is 5.75 Å². The molecule has 98 valence electrons. The van der Waals surface area contributed by atoms with Gasteiger partial charge in [-0.2, -0.15) is 0 Å². The molecule has 1 aromatic carbocycles.